The Kier molecular flexibility index (Phi) is 6.54. The van der Waals surface area contributed by atoms with E-state index < -0.39 is 12.5 Å². The number of nitrogens with zero attached hydrogens (tertiary/aromatic N) is 1. The van der Waals surface area contributed by atoms with Crippen molar-refractivity contribution in [2.75, 3.05) is 25.0 Å². The summed E-state index contributed by atoms with van der Waals surface area (Å²) in [6.45, 7) is -1.75. The lowest BCUT2D eigenvalue weighted by Crippen LogP contribution is -2.28. The number of amides is 1. The van der Waals surface area contributed by atoms with Crippen LogP contribution < -0.4 is 15.0 Å². The molecule has 0 aromatic heterocycles. The standard InChI is InChI=1S/C18H20F2N2O2/c1-22(14-8-3-2-4-9-14)13-7-12-21-17(23)15-10-5-6-11-16(15)24-18(19)20/h2-6,8-11,18H,7,12-13H2,1H3,(H,21,23). The van der Waals surface area contributed by atoms with Gasteiger partial charge in [-0.1, -0.05) is 30.3 Å². The first-order valence-corrected chi connectivity index (χ1v) is 7.66. The minimum atomic E-state index is -2.96. The number of alkyl halides is 2. The van der Waals surface area contributed by atoms with Crippen LogP contribution in [-0.4, -0.2) is 32.7 Å². The molecule has 4 nitrogen and oxygen atoms in total. The number of carbonyl (C=O) groups excluding carboxylic acids is 1. The molecule has 0 bridgehead atoms. The Labute approximate surface area is 140 Å². The Bertz CT molecular complexity index is 650. The maximum absolute atomic E-state index is 12.4. The van der Waals surface area contributed by atoms with Crippen LogP contribution >= 0.6 is 0 Å². The Morgan fingerprint density at radius 1 is 1.12 bits per heavy atom. The molecule has 0 heterocycles. The van der Waals surface area contributed by atoms with Crippen molar-refractivity contribution >= 4 is 11.6 Å². The van der Waals surface area contributed by atoms with Crippen molar-refractivity contribution in [3.05, 3.63) is 60.2 Å². The molecule has 6 heteroatoms. The molecule has 2 rings (SSSR count). The van der Waals surface area contributed by atoms with Gasteiger partial charge in [-0.3, -0.25) is 4.79 Å². The third kappa shape index (κ3) is 5.22. The fourth-order valence-electron chi connectivity index (χ4n) is 2.28. The van der Waals surface area contributed by atoms with Crippen LogP contribution in [0.15, 0.2) is 54.6 Å². The lowest BCUT2D eigenvalue weighted by Gasteiger charge is -2.19. The maximum Gasteiger partial charge on any atom is 0.387 e. The number of ether oxygens (including phenoxy) is 1. The maximum atomic E-state index is 12.4. The Balaban J connectivity index is 1.81. The van der Waals surface area contributed by atoms with Gasteiger partial charge in [0.2, 0.25) is 0 Å². The summed E-state index contributed by atoms with van der Waals surface area (Å²) in [5.41, 5.74) is 1.20. The predicted octanol–water partition coefficient (Wildman–Crippen LogP) is 3.54. The first-order chi connectivity index (χ1) is 11.6. The van der Waals surface area contributed by atoms with Crippen molar-refractivity contribution in [1.29, 1.82) is 0 Å². The van der Waals surface area contributed by atoms with Crippen molar-refractivity contribution < 1.29 is 18.3 Å². The second-order valence-electron chi connectivity index (χ2n) is 5.24. The monoisotopic (exact) mass is 334 g/mol. The number of halogens is 2. The van der Waals surface area contributed by atoms with Gasteiger partial charge in [-0.15, -0.1) is 0 Å². The molecule has 24 heavy (non-hydrogen) atoms. The average Bonchev–Trinajstić information content (AvgIpc) is 2.59. The van der Waals surface area contributed by atoms with Gasteiger partial charge in [-0.2, -0.15) is 8.78 Å². The first-order valence-electron chi connectivity index (χ1n) is 7.66. The molecule has 2 aromatic rings. The number of hydrogen-bond donors (Lipinski definition) is 1. The van der Waals surface area contributed by atoms with E-state index in [0.29, 0.717) is 6.54 Å². The average molecular weight is 334 g/mol. The third-order valence-corrected chi connectivity index (χ3v) is 3.50. The molecule has 0 saturated heterocycles. The van der Waals surface area contributed by atoms with Gasteiger partial charge >= 0.3 is 6.61 Å². The SMILES string of the molecule is CN(CCCNC(=O)c1ccccc1OC(F)F)c1ccccc1. The van der Waals surface area contributed by atoms with Gasteiger partial charge in [0, 0.05) is 25.8 Å². The van der Waals surface area contributed by atoms with Crippen molar-refractivity contribution in [3.63, 3.8) is 0 Å². The number of nitrogens with one attached hydrogen (secondary N) is 1. The Morgan fingerprint density at radius 3 is 2.50 bits per heavy atom. The minimum Gasteiger partial charge on any atom is -0.434 e. The summed E-state index contributed by atoms with van der Waals surface area (Å²) in [7, 11) is 1.98. The van der Waals surface area contributed by atoms with Gasteiger partial charge in [0.25, 0.3) is 5.91 Å². The van der Waals surface area contributed by atoms with Crippen LogP contribution in [0.4, 0.5) is 14.5 Å². The fraction of sp³-hybridized carbons (Fsp3) is 0.278. The summed E-state index contributed by atoms with van der Waals surface area (Å²) >= 11 is 0. The van der Waals surface area contributed by atoms with Crippen molar-refractivity contribution in [1.82, 2.24) is 5.32 Å². The number of hydrogen-bond acceptors (Lipinski definition) is 3. The number of anilines is 1. The molecule has 0 radical (unpaired) electrons. The van der Waals surface area contributed by atoms with Gasteiger partial charge < -0.3 is 15.0 Å². The quantitative estimate of drug-likeness (QED) is 0.751. The number of para-hydroxylation sites is 2. The molecule has 0 aliphatic carbocycles. The highest BCUT2D eigenvalue weighted by Crippen LogP contribution is 2.20. The molecule has 1 amide bonds. The van der Waals surface area contributed by atoms with Crippen LogP contribution in [0.25, 0.3) is 0 Å². The number of carbonyl (C=O) groups is 1. The highest BCUT2D eigenvalue weighted by Gasteiger charge is 2.14. The van der Waals surface area contributed by atoms with Crippen LogP contribution in [0.1, 0.15) is 16.8 Å². The predicted molar refractivity (Wildman–Crippen MR) is 89.7 cm³/mol. The van der Waals surface area contributed by atoms with E-state index in [2.05, 4.69) is 15.0 Å². The van der Waals surface area contributed by atoms with E-state index in [1.807, 2.05) is 37.4 Å². The molecule has 0 unspecified atom stereocenters. The zero-order valence-electron chi connectivity index (χ0n) is 13.4. The van der Waals surface area contributed by atoms with E-state index in [1.54, 1.807) is 12.1 Å². The second kappa shape index (κ2) is 8.86. The second-order valence-corrected chi connectivity index (χ2v) is 5.24. The van der Waals surface area contributed by atoms with Gasteiger partial charge in [0.15, 0.2) is 0 Å². The molecule has 0 spiro atoms. The van der Waals surface area contributed by atoms with Crippen LogP contribution in [0.3, 0.4) is 0 Å². The molecule has 0 aliphatic heterocycles. The summed E-state index contributed by atoms with van der Waals surface area (Å²) in [6, 6.07) is 15.9. The molecule has 2 aromatic carbocycles. The molecule has 0 aliphatic rings. The van der Waals surface area contributed by atoms with E-state index >= 15 is 0 Å². The fourth-order valence-corrected chi connectivity index (χ4v) is 2.28. The van der Waals surface area contributed by atoms with Crippen molar-refractivity contribution in [2.24, 2.45) is 0 Å². The van der Waals surface area contributed by atoms with Crippen LogP contribution in [0.2, 0.25) is 0 Å². The lowest BCUT2D eigenvalue weighted by atomic mass is 10.2. The van der Waals surface area contributed by atoms with Crippen LogP contribution in [0, 0.1) is 0 Å². The molecular formula is C18H20F2N2O2. The van der Waals surface area contributed by atoms with E-state index in [9.17, 15) is 13.6 Å². The summed E-state index contributed by atoms with van der Waals surface area (Å²) in [5, 5.41) is 2.73. The van der Waals surface area contributed by atoms with Crippen molar-refractivity contribution in [2.45, 2.75) is 13.0 Å². The van der Waals surface area contributed by atoms with E-state index in [0.717, 1.165) is 18.7 Å². The lowest BCUT2D eigenvalue weighted by molar-refractivity contribution is -0.0501. The zero-order valence-corrected chi connectivity index (χ0v) is 13.4. The summed E-state index contributed by atoms with van der Waals surface area (Å²) < 4.78 is 29.1. The number of benzene rings is 2. The minimum absolute atomic E-state index is 0.106. The Morgan fingerprint density at radius 2 is 1.79 bits per heavy atom. The highest BCUT2D eigenvalue weighted by molar-refractivity contribution is 5.96. The molecule has 128 valence electrons. The Hall–Kier alpha value is -2.63. The van der Waals surface area contributed by atoms with Gasteiger partial charge in [0.1, 0.15) is 5.75 Å². The van der Waals surface area contributed by atoms with E-state index in [4.69, 9.17) is 0 Å². The molecule has 0 atom stereocenters. The van der Waals surface area contributed by atoms with Gasteiger partial charge in [-0.25, -0.2) is 0 Å². The third-order valence-electron chi connectivity index (χ3n) is 3.50. The van der Waals surface area contributed by atoms with E-state index in [1.165, 1.54) is 12.1 Å². The first kappa shape index (κ1) is 17.7. The highest BCUT2D eigenvalue weighted by atomic mass is 19.3. The molecule has 0 fully saturated rings. The molecule has 1 N–H and O–H groups in total. The van der Waals surface area contributed by atoms with Crippen LogP contribution in [-0.2, 0) is 0 Å². The summed E-state index contributed by atoms with van der Waals surface area (Å²) in [4.78, 5) is 14.2. The molecular weight excluding hydrogens is 314 g/mol. The number of rotatable bonds is 8. The summed E-state index contributed by atoms with van der Waals surface area (Å²) in [6.07, 6.45) is 0.731. The van der Waals surface area contributed by atoms with Gasteiger partial charge in [0.05, 0.1) is 5.56 Å². The van der Waals surface area contributed by atoms with E-state index in [-0.39, 0.29) is 11.3 Å². The summed E-state index contributed by atoms with van der Waals surface area (Å²) in [5.74, 6) is -0.542. The topological polar surface area (TPSA) is 41.6 Å². The molecule has 0 saturated carbocycles. The van der Waals surface area contributed by atoms with Gasteiger partial charge in [-0.05, 0) is 30.7 Å². The van der Waals surface area contributed by atoms with Crippen molar-refractivity contribution in [3.8, 4) is 5.75 Å². The largest absolute Gasteiger partial charge is 0.434 e. The zero-order chi connectivity index (χ0) is 17.4. The van der Waals surface area contributed by atoms with Crippen LogP contribution in [0.5, 0.6) is 5.75 Å². The smallest absolute Gasteiger partial charge is 0.387 e. The normalized spacial score (nSPS) is 10.5.